The minimum absolute atomic E-state index is 0.0367. The van der Waals surface area contributed by atoms with Gasteiger partial charge in [0, 0.05) is 21.1 Å². The smallest absolute Gasteiger partial charge is 0.251 e. The van der Waals surface area contributed by atoms with E-state index in [0.29, 0.717) is 5.56 Å². The SMILES string of the molecule is CC1(C)CC(NC(=O)c2cccc(I)c2)c2ccccc2O1. The van der Waals surface area contributed by atoms with Gasteiger partial charge in [-0.05, 0) is 60.7 Å². The summed E-state index contributed by atoms with van der Waals surface area (Å²) in [5.74, 6) is 0.808. The summed E-state index contributed by atoms with van der Waals surface area (Å²) in [6.07, 6.45) is 0.750. The second-order valence-corrected chi connectivity index (χ2v) is 7.39. The number of para-hydroxylation sites is 1. The molecule has 1 unspecified atom stereocenters. The molecule has 2 aromatic carbocycles. The first kappa shape index (κ1) is 15.3. The molecule has 1 amide bonds. The molecule has 0 bridgehead atoms. The molecule has 0 aromatic heterocycles. The lowest BCUT2D eigenvalue weighted by atomic mass is 9.89. The van der Waals surface area contributed by atoms with E-state index < -0.39 is 0 Å². The third kappa shape index (κ3) is 3.27. The van der Waals surface area contributed by atoms with E-state index in [2.05, 4.69) is 27.9 Å². The maximum absolute atomic E-state index is 12.5. The number of amides is 1. The number of hydrogen-bond donors (Lipinski definition) is 1. The molecule has 0 saturated carbocycles. The van der Waals surface area contributed by atoms with Crippen LogP contribution in [0.15, 0.2) is 48.5 Å². The molecular formula is C18H18INO2. The summed E-state index contributed by atoms with van der Waals surface area (Å²) in [6.45, 7) is 4.10. The van der Waals surface area contributed by atoms with Crippen LogP contribution in [-0.4, -0.2) is 11.5 Å². The standard InChI is InChI=1S/C18H18INO2/c1-18(2)11-15(14-8-3-4-9-16(14)22-18)20-17(21)12-6-5-7-13(19)10-12/h3-10,15H,11H2,1-2H3,(H,20,21). The summed E-state index contributed by atoms with van der Waals surface area (Å²) < 4.78 is 7.06. The Labute approximate surface area is 144 Å². The molecule has 0 radical (unpaired) electrons. The maximum atomic E-state index is 12.5. The molecule has 1 aliphatic rings. The van der Waals surface area contributed by atoms with Gasteiger partial charge in [0.2, 0.25) is 0 Å². The van der Waals surface area contributed by atoms with E-state index in [9.17, 15) is 4.79 Å². The van der Waals surface area contributed by atoms with E-state index in [1.165, 1.54) is 0 Å². The van der Waals surface area contributed by atoms with Crippen molar-refractivity contribution >= 4 is 28.5 Å². The summed E-state index contributed by atoms with van der Waals surface area (Å²) in [4.78, 5) is 12.5. The highest BCUT2D eigenvalue weighted by molar-refractivity contribution is 14.1. The molecule has 0 spiro atoms. The molecule has 1 aliphatic heterocycles. The predicted molar refractivity (Wildman–Crippen MR) is 95.1 cm³/mol. The Morgan fingerprint density at radius 1 is 1.23 bits per heavy atom. The van der Waals surface area contributed by atoms with Gasteiger partial charge >= 0.3 is 0 Å². The second-order valence-electron chi connectivity index (χ2n) is 6.14. The van der Waals surface area contributed by atoms with Gasteiger partial charge < -0.3 is 10.1 Å². The molecule has 0 fully saturated rings. The number of carbonyl (C=O) groups is 1. The minimum Gasteiger partial charge on any atom is -0.487 e. The quantitative estimate of drug-likeness (QED) is 0.753. The van der Waals surface area contributed by atoms with Gasteiger partial charge in [0.15, 0.2) is 0 Å². The fourth-order valence-corrected chi connectivity index (χ4v) is 3.35. The van der Waals surface area contributed by atoms with Gasteiger partial charge in [-0.3, -0.25) is 4.79 Å². The highest BCUT2D eigenvalue weighted by Crippen LogP contribution is 2.39. The van der Waals surface area contributed by atoms with Gasteiger partial charge in [-0.25, -0.2) is 0 Å². The van der Waals surface area contributed by atoms with Gasteiger partial charge in [-0.1, -0.05) is 24.3 Å². The fourth-order valence-electron chi connectivity index (χ4n) is 2.80. The van der Waals surface area contributed by atoms with Crippen molar-refractivity contribution in [3.8, 4) is 5.75 Å². The number of nitrogens with one attached hydrogen (secondary N) is 1. The van der Waals surface area contributed by atoms with Crippen molar-refractivity contribution in [2.75, 3.05) is 0 Å². The third-order valence-electron chi connectivity index (χ3n) is 3.77. The molecule has 1 atom stereocenters. The number of halogens is 1. The Balaban J connectivity index is 1.87. The summed E-state index contributed by atoms with van der Waals surface area (Å²) in [6, 6.07) is 15.5. The lowest BCUT2D eigenvalue weighted by molar-refractivity contribution is 0.0619. The Bertz CT molecular complexity index is 712. The highest BCUT2D eigenvalue weighted by Gasteiger charge is 2.34. The Hall–Kier alpha value is -1.56. The van der Waals surface area contributed by atoms with Gasteiger partial charge in [0.25, 0.3) is 5.91 Å². The van der Waals surface area contributed by atoms with Crippen molar-refractivity contribution in [3.05, 3.63) is 63.2 Å². The van der Waals surface area contributed by atoms with Crippen molar-refractivity contribution in [2.24, 2.45) is 0 Å². The van der Waals surface area contributed by atoms with E-state index in [1.807, 2.05) is 62.4 Å². The number of rotatable bonds is 2. The molecule has 0 saturated heterocycles. The molecule has 22 heavy (non-hydrogen) atoms. The van der Waals surface area contributed by atoms with Crippen LogP contribution in [0, 0.1) is 3.57 Å². The van der Waals surface area contributed by atoms with Gasteiger partial charge in [-0.2, -0.15) is 0 Å². The zero-order valence-electron chi connectivity index (χ0n) is 12.6. The number of ether oxygens (including phenoxy) is 1. The van der Waals surface area contributed by atoms with Crippen LogP contribution in [-0.2, 0) is 0 Å². The van der Waals surface area contributed by atoms with Crippen molar-refractivity contribution in [3.63, 3.8) is 0 Å². The van der Waals surface area contributed by atoms with E-state index in [4.69, 9.17) is 4.74 Å². The van der Waals surface area contributed by atoms with Crippen LogP contribution in [0.1, 0.15) is 42.2 Å². The Morgan fingerprint density at radius 3 is 2.77 bits per heavy atom. The van der Waals surface area contributed by atoms with Gasteiger partial charge in [0.05, 0.1) is 6.04 Å². The largest absolute Gasteiger partial charge is 0.487 e. The zero-order valence-corrected chi connectivity index (χ0v) is 14.8. The molecule has 0 aliphatic carbocycles. The molecule has 4 heteroatoms. The summed E-state index contributed by atoms with van der Waals surface area (Å²) in [7, 11) is 0. The average Bonchev–Trinajstić information content (AvgIpc) is 2.46. The lowest BCUT2D eigenvalue weighted by Gasteiger charge is -2.37. The monoisotopic (exact) mass is 407 g/mol. The lowest BCUT2D eigenvalue weighted by Crippen LogP contribution is -2.41. The molecular weight excluding hydrogens is 389 g/mol. The number of fused-ring (bicyclic) bond motifs is 1. The summed E-state index contributed by atoms with van der Waals surface area (Å²) in [5.41, 5.74) is 1.44. The molecule has 1 heterocycles. The van der Waals surface area contributed by atoms with Crippen LogP contribution < -0.4 is 10.1 Å². The zero-order chi connectivity index (χ0) is 15.7. The Kier molecular flexibility index (Phi) is 4.12. The number of carbonyl (C=O) groups excluding carboxylic acids is 1. The molecule has 1 N–H and O–H groups in total. The van der Waals surface area contributed by atoms with Crippen LogP contribution >= 0.6 is 22.6 Å². The second kappa shape index (κ2) is 5.91. The van der Waals surface area contributed by atoms with Gasteiger partial charge in [-0.15, -0.1) is 0 Å². The van der Waals surface area contributed by atoms with Crippen LogP contribution in [0.4, 0.5) is 0 Å². The van der Waals surface area contributed by atoms with Crippen molar-refractivity contribution in [1.29, 1.82) is 0 Å². The van der Waals surface area contributed by atoms with Crippen molar-refractivity contribution in [2.45, 2.75) is 31.9 Å². The van der Waals surface area contributed by atoms with Crippen LogP contribution in [0.25, 0.3) is 0 Å². The average molecular weight is 407 g/mol. The van der Waals surface area contributed by atoms with E-state index in [1.54, 1.807) is 0 Å². The van der Waals surface area contributed by atoms with Crippen LogP contribution in [0.3, 0.4) is 0 Å². The normalized spacial score (nSPS) is 19.0. The molecule has 3 nitrogen and oxygen atoms in total. The van der Waals surface area contributed by atoms with E-state index in [0.717, 1.165) is 21.3 Å². The molecule has 2 aromatic rings. The first-order valence-electron chi connectivity index (χ1n) is 7.29. The molecule has 114 valence electrons. The summed E-state index contributed by atoms with van der Waals surface area (Å²) >= 11 is 2.22. The summed E-state index contributed by atoms with van der Waals surface area (Å²) in [5, 5.41) is 3.15. The Morgan fingerprint density at radius 2 is 2.00 bits per heavy atom. The number of benzene rings is 2. The van der Waals surface area contributed by atoms with Crippen molar-refractivity contribution < 1.29 is 9.53 Å². The fraction of sp³-hybridized carbons (Fsp3) is 0.278. The highest BCUT2D eigenvalue weighted by atomic mass is 127. The molecule has 3 rings (SSSR count). The first-order chi connectivity index (χ1) is 10.4. The van der Waals surface area contributed by atoms with Crippen molar-refractivity contribution in [1.82, 2.24) is 5.32 Å². The minimum atomic E-state index is -0.294. The van der Waals surface area contributed by atoms with E-state index >= 15 is 0 Å². The first-order valence-corrected chi connectivity index (χ1v) is 8.37. The van der Waals surface area contributed by atoms with Gasteiger partial charge in [0.1, 0.15) is 11.4 Å². The van der Waals surface area contributed by atoms with Crippen LogP contribution in [0.2, 0.25) is 0 Å². The van der Waals surface area contributed by atoms with E-state index in [-0.39, 0.29) is 17.6 Å². The third-order valence-corrected chi connectivity index (χ3v) is 4.44. The predicted octanol–water partition coefficient (Wildman–Crippen LogP) is 4.32. The topological polar surface area (TPSA) is 38.3 Å². The number of hydrogen-bond acceptors (Lipinski definition) is 2. The van der Waals surface area contributed by atoms with Crippen LogP contribution in [0.5, 0.6) is 5.75 Å². The maximum Gasteiger partial charge on any atom is 0.251 e.